The second-order valence-corrected chi connectivity index (χ2v) is 10.5. The second-order valence-electron chi connectivity index (χ2n) is 10.1. The van der Waals surface area contributed by atoms with Gasteiger partial charge in [0, 0.05) is 22.3 Å². The lowest BCUT2D eigenvalue weighted by Crippen LogP contribution is -2.03. The monoisotopic (exact) mass is 585 g/mol. The molecular weight excluding hydrogens is 558 g/mol. The molecule has 4 aromatic carbocycles. The number of carbonyl (C=O) groups is 1. The third kappa shape index (κ3) is 6.80. The van der Waals surface area contributed by atoms with Crippen molar-refractivity contribution >= 4 is 23.5 Å². The van der Waals surface area contributed by atoms with Crippen molar-refractivity contribution in [3.05, 3.63) is 155 Å². The minimum absolute atomic E-state index is 0.180. The standard InChI is InChI=1S/C35H28ClN5O2/c1-25-12-19-34(43-24-30-23-40(39-37-30)21-26-8-4-2-5-9-26)32(20-25)33(42)18-15-28-22-41(31-10-6-3-7-11-31)38-35(28)27-13-16-29(36)17-14-27/h2-20,22-23H,21,24H2,1H3/b18-15+. The maximum absolute atomic E-state index is 13.5. The minimum atomic E-state index is -0.180. The van der Waals surface area contributed by atoms with Crippen molar-refractivity contribution in [1.82, 2.24) is 24.8 Å². The number of aromatic nitrogens is 5. The fraction of sp³-hybridized carbons (Fsp3) is 0.0857. The third-order valence-electron chi connectivity index (χ3n) is 6.84. The van der Waals surface area contributed by atoms with Gasteiger partial charge in [0.2, 0.25) is 0 Å². The van der Waals surface area contributed by atoms with Crippen molar-refractivity contribution in [1.29, 1.82) is 0 Å². The largest absolute Gasteiger partial charge is 0.486 e. The zero-order chi connectivity index (χ0) is 29.6. The lowest BCUT2D eigenvalue weighted by atomic mass is 10.0. The van der Waals surface area contributed by atoms with E-state index in [0.717, 1.165) is 33.6 Å². The zero-order valence-corrected chi connectivity index (χ0v) is 24.2. The van der Waals surface area contributed by atoms with Crippen LogP contribution in [0.2, 0.25) is 5.02 Å². The molecule has 0 aliphatic rings. The van der Waals surface area contributed by atoms with E-state index in [-0.39, 0.29) is 12.4 Å². The summed E-state index contributed by atoms with van der Waals surface area (Å²) in [5.74, 6) is 0.303. The van der Waals surface area contributed by atoms with E-state index in [9.17, 15) is 4.79 Å². The molecule has 212 valence electrons. The third-order valence-corrected chi connectivity index (χ3v) is 7.10. The van der Waals surface area contributed by atoms with Gasteiger partial charge in [0.25, 0.3) is 0 Å². The van der Waals surface area contributed by atoms with E-state index in [4.69, 9.17) is 21.4 Å². The van der Waals surface area contributed by atoms with Crippen molar-refractivity contribution in [3.8, 4) is 22.7 Å². The predicted octanol–water partition coefficient (Wildman–Crippen LogP) is 7.62. The highest BCUT2D eigenvalue weighted by Crippen LogP contribution is 2.27. The molecule has 0 saturated heterocycles. The molecule has 0 saturated carbocycles. The molecule has 0 atom stereocenters. The average Bonchev–Trinajstić information content (AvgIpc) is 3.67. The van der Waals surface area contributed by atoms with Crippen LogP contribution in [0.4, 0.5) is 0 Å². The topological polar surface area (TPSA) is 74.8 Å². The fourth-order valence-corrected chi connectivity index (χ4v) is 4.80. The summed E-state index contributed by atoms with van der Waals surface area (Å²) in [5, 5.41) is 13.9. The first-order valence-electron chi connectivity index (χ1n) is 13.8. The van der Waals surface area contributed by atoms with E-state index in [1.807, 2.05) is 122 Å². The van der Waals surface area contributed by atoms with Crippen LogP contribution in [-0.4, -0.2) is 30.6 Å². The van der Waals surface area contributed by atoms with Crippen molar-refractivity contribution in [2.75, 3.05) is 0 Å². The molecule has 8 heteroatoms. The lowest BCUT2D eigenvalue weighted by molar-refractivity contribution is 0.104. The molecule has 0 radical (unpaired) electrons. The van der Waals surface area contributed by atoms with Crippen LogP contribution >= 0.6 is 11.6 Å². The number of carbonyl (C=O) groups excluding carboxylic acids is 1. The molecule has 0 N–H and O–H groups in total. The maximum atomic E-state index is 13.5. The van der Waals surface area contributed by atoms with Crippen LogP contribution in [0.25, 0.3) is 23.0 Å². The summed E-state index contributed by atoms with van der Waals surface area (Å²) in [6.45, 7) is 2.75. The van der Waals surface area contributed by atoms with Gasteiger partial charge in [0.1, 0.15) is 18.1 Å². The molecule has 6 rings (SSSR count). The van der Waals surface area contributed by atoms with E-state index in [2.05, 4.69) is 10.3 Å². The number of ether oxygens (including phenoxy) is 1. The summed E-state index contributed by atoms with van der Waals surface area (Å²) in [6.07, 6.45) is 7.12. The van der Waals surface area contributed by atoms with E-state index in [1.165, 1.54) is 0 Å². The summed E-state index contributed by atoms with van der Waals surface area (Å²) in [6, 6.07) is 33.0. The number of benzene rings is 4. The van der Waals surface area contributed by atoms with Crippen LogP contribution < -0.4 is 4.74 Å². The van der Waals surface area contributed by atoms with Crippen LogP contribution in [0, 0.1) is 6.92 Å². The minimum Gasteiger partial charge on any atom is -0.486 e. The molecule has 2 aromatic heterocycles. The number of ketones is 1. The maximum Gasteiger partial charge on any atom is 0.189 e. The van der Waals surface area contributed by atoms with E-state index >= 15 is 0 Å². The average molecular weight is 586 g/mol. The Kier molecular flexibility index (Phi) is 8.24. The molecule has 6 aromatic rings. The Labute approximate surface area is 254 Å². The van der Waals surface area contributed by atoms with Gasteiger partial charge in [0.05, 0.1) is 29.7 Å². The van der Waals surface area contributed by atoms with Crippen molar-refractivity contribution in [3.63, 3.8) is 0 Å². The van der Waals surface area contributed by atoms with Gasteiger partial charge >= 0.3 is 0 Å². The Hall–Kier alpha value is -5.27. The van der Waals surface area contributed by atoms with Gasteiger partial charge in [-0.05, 0) is 61.0 Å². The number of aryl methyl sites for hydroxylation is 1. The van der Waals surface area contributed by atoms with Crippen LogP contribution in [0.15, 0.2) is 122 Å². The first-order valence-corrected chi connectivity index (χ1v) is 14.2. The number of rotatable bonds is 10. The summed E-state index contributed by atoms with van der Waals surface area (Å²) in [7, 11) is 0. The molecule has 0 aliphatic carbocycles. The van der Waals surface area contributed by atoms with E-state index in [1.54, 1.807) is 21.5 Å². The van der Waals surface area contributed by atoms with E-state index in [0.29, 0.717) is 28.6 Å². The number of nitrogens with zero attached hydrogens (tertiary/aromatic N) is 5. The molecule has 43 heavy (non-hydrogen) atoms. The van der Waals surface area contributed by atoms with Crippen LogP contribution in [0.1, 0.15) is 32.7 Å². The van der Waals surface area contributed by atoms with Gasteiger partial charge in [-0.25, -0.2) is 9.36 Å². The normalized spacial score (nSPS) is 11.2. The van der Waals surface area contributed by atoms with Crippen molar-refractivity contribution < 1.29 is 9.53 Å². The smallest absolute Gasteiger partial charge is 0.189 e. The summed E-state index contributed by atoms with van der Waals surface area (Å²) in [5.41, 5.74) is 6.57. The summed E-state index contributed by atoms with van der Waals surface area (Å²) < 4.78 is 9.66. The Bertz CT molecular complexity index is 1880. The number of hydrogen-bond acceptors (Lipinski definition) is 5. The molecule has 0 spiro atoms. The highest BCUT2D eigenvalue weighted by molar-refractivity contribution is 6.30. The molecular formula is C35H28ClN5O2. The second kappa shape index (κ2) is 12.7. The first-order chi connectivity index (χ1) is 21.0. The molecule has 7 nitrogen and oxygen atoms in total. The molecule has 0 aliphatic heterocycles. The highest BCUT2D eigenvalue weighted by Gasteiger charge is 2.15. The van der Waals surface area contributed by atoms with Crippen molar-refractivity contribution in [2.24, 2.45) is 0 Å². The Morgan fingerprint density at radius 2 is 1.65 bits per heavy atom. The van der Waals surface area contributed by atoms with Gasteiger partial charge < -0.3 is 4.74 Å². The van der Waals surface area contributed by atoms with Crippen LogP contribution in [0.3, 0.4) is 0 Å². The van der Waals surface area contributed by atoms with Gasteiger partial charge in [-0.3, -0.25) is 4.79 Å². The Morgan fingerprint density at radius 1 is 0.907 bits per heavy atom. The zero-order valence-electron chi connectivity index (χ0n) is 23.5. The number of hydrogen-bond donors (Lipinski definition) is 0. The van der Waals surface area contributed by atoms with E-state index < -0.39 is 0 Å². The van der Waals surface area contributed by atoms with Gasteiger partial charge in [-0.2, -0.15) is 5.10 Å². The van der Waals surface area contributed by atoms with Crippen LogP contribution in [0.5, 0.6) is 5.75 Å². The predicted molar refractivity (Wildman–Crippen MR) is 168 cm³/mol. The summed E-state index contributed by atoms with van der Waals surface area (Å²) in [4.78, 5) is 13.5. The molecule has 0 unspecified atom stereocenters. The van der Waals surface area contributed by atoms with Crippen LogP contribution in [-0.2, 0) is 13.2 Å². The number of halogens is 1. The summed E-state index contributed by atoms with van der Waals surface area (Å²) >= 11 is 6.13. The SMILES string of the molecule is Cc1ccc(OCc2cn(Cc3ccccc3)nn2)c(C(=O)/C=C/c2cn(-c3ccccc3)nc2-c2ccc(Cl)cc2)c1. The quantitative estimate of drug-likeness (QED) is 0.122. The Morgan fingerprint density at radius 3 is 2.42 bits per heavy atom. The Balaban J connectivity index is 1.23. The molecule has 0 bridgehead atoms. The first kappa shape index (κ1) is 27.9. The molecule has 0 fully saturated rings. The van der Waals surface area contributed by atoms with Gasteiger partial charge in [-0.1, -0.05) is 89.1 Å². The number of para-hydroxylation sites is 1. The molecule has 0 amide bonds. The molecule has 2 heterocycles. The number of allylic oxidation sites excluding steroid dienone is 1. The van der Waals surface area contributed by atoms with Gasteiger partial charge in [-0.15, -0.1) is 5.10 Å². The van der Waals surface area contributed by atoms with Crippen molar-refractivity contribution in [2.45, 2.75) is 20.1 Å². The highest BCUT2D eigenvalue weighted by atomic mass is 35.5. The fourth-order valence-electron chi connectivity index (χ4n) is 4.68. The van der Waals surface area contributed by atoms with Gasteiger partial charge in [0.15, 0.2) is 5.78 Å². The lowest BCUT2D eigenvalue weighted by Gasteiger charge is -2.09.